The predicted molar refractivity (Wildman–Crippen MR) is 100 cm³/mol. The van der Waals surface area contributed by atoms with Gasteiger partial charge in [-0.2, -0.15) is 13.2 Å². The van der Waals surface area contributed by atoms with Gasteiger partial charge in [0.2, 0.25) is 0 Å². The van der Waals surface area contributed by atoms with Gasteiger partial charge >= 0.3 is 18.2 Å². The summed E-state index contributed by atoms with van der Waals surface area (Å²) in [6.07, 6.45) is -5.01. The van der Waals surface area contributed by atoms with Crippen molar-refractivity contribution in [2.24, 2.45) is 0 Å². The third kappa shape index (κ3) is 4.59. The number of benzene rings is 2. The zero-order valence-corrected chi connectivity index (χ0v) is 15.7. The maximum Gasteiger partial charge on any atom is 0.416 e. The van der Waals surface area contributed by atoms with Gasteiger partial charge in [0, 0.05) is 0 Å². The van der Waals surface area contributed by atoms with Crippen molar-refractivity contribution in [2.75, 3.05) is 0 Å². The molecular formula is C21H19F3N2O3. The molecule has 2 amide bonds. The number of hydrogen-bond donors (Lipinski definition) is 2. The molecule has 0 aromatic heterocycles. The number of alkyl halides is 3. The molecule has 0 fully saturated rings. The molecule has 0 spiro atoms. The van der Waals surface area contributed by atoms with E-state index in [9.17, 15) is 22.8 Å². The Hall–Kier alpha value is -3.29. The van der Waals surface area contributed by atoms with E-state index in [-0.39, 0.29) is 16.8 Å². The van der Waals surface area contributed by atoms with Gasteiger partial charge in [0.25, 0.3) is 0 Å². The van der Waals surface area contributed by atoms with E-state index in [1.165, 1.54) is 12.1 Å². The molecule has 1 unspecified atom stereocenters. The number of halogens is 3. The van der Waals surface area contributed by atoms with Gasteiger partial charge in [0.15, 0.2) is 0 Å². The third-order valence-corrected chi connectivity index (χ3v) is 4.24. The van der Waals surface area contributed by atoms with Crippen LogP contribution in [0.2, 0.25) is 0 Å². The minimum atomic E-state index is -4.56. The molecule has 0 saturated heterocycles. The maximum absolute atomic E-state index is 13.2. The van der Waals surface area contributed by atoms with Gasteiger partial charge in [0.05, 0.1) is 29.0 Å². The largest absolute Gasteiger partial charge is 0.459 e. The predicted octanol–water partition coefficient (Wildman–Crippen LogP) is 4.42. The number of carbonyl (C=O) groups is 2. The van der Waals surface area contributed by atoms with E-state index in [1.807, 2.05) is 0 Å². The van der Waals surface area contributed by atoms with Crippen LogP contribution in [0, 0.1) is 0 Å². The van der Waals surface area contributed by atoms with E-state index in [0.29, 0.717) is 5.56 Å². The molecule has 2 aromatic carbocycles. The lowest BCUT2D eigenvalue weighted by Gasteiger charge is -2.30. The molecule has 5 nitrogen and oxygen atoms in total. The zero-order valence-electron chi connectivity index (χ0n) is 15.7. The van der Waals surface area contributed by atoms with Gasteiger partial charge < -0.3 is 15.4 Å². The van der Waals surface area contributed by atoms with Crippen LogP contribution in [0.25, 0.3) is 5.70 Å². The number of hydrogen-bond acceptors (Lipinski definition) is 3. The molecule has 1 atom stereocenters. The Morgan fingerprint density at radius 3 is 2.38 bits per heavy atom. The normalized spacial score (nSPS) is 17.0. The van der Waals surface area contributed by atoms with E-state index in [4.69, 9.17) is 4.74 Å². The van der Waals surface area contributed by atoms with Gasteiger partial charge in [0.1, 0.15) is 0 Å². The van der Waals surface area contributed by atoms with Crippen molar-refractivity contribution < 1.29 is 27.5 Å². The van der Waals surface area contributed by atoms with Crippen LogP contribution in [-0.4, -0.2) is 18.1 Å². The molecule has 152 valence electrons. The smallest absolute Gasteiger partial charge is 0.416 e. The summed E-state index contributed by atoms with van der Waals surface area (Å²) in [5.74, 6) is -0.728. The summed E-state index contributed by atoms with van der Waals surface area (Å²) >= 11 is 0. The number of urea groups is 1. The van der Waals surface area contributed by atoms with Gasteiger partial charge in [-0.1, -0.05) is 42.5 Å². The van der Waals surface area contributed by atoms with Crippen LogP contribution in [0.1, 0.15) is 36.6 Å². The maximum atomic E-state index is 13.2. The second kappa shape index (κ2) is 7.98. The SMILES string of the molecule is CC(C)OC(=O)C1=C(c2ccccc2)NC(=O)NC1c1cccc(C(F)(F)F)c1. The molecule has 8 heteroatoms. The molecule has 0 aliphatic carbocycles. The monoisotopic (exact) mass is 404 g/mol. The van der Waals surface area contributed by atoms with Crippen molar-refractivity contribution in [3.63, 3.8) is 0 Å². The minimum Gasteiger partial charge on any atom is -0.459 e. The highest BCUT2D eigenvalue weighted by atomic mass is 19.4. The van der Waals surface area contributed by atoms with Gasteiger partial charge in [-0.05, 0) is 37.1 Å². The molecule has 0 bridgehead atoms. The summed E-state index contributed by atoms with van der Waals surface area (Å²) in [6.45, 7) is 3.32. The van der Waals surface area contributed by atoms with Crippen LogP contribution in [0.5, 0.6) is 0 Å². The number of carbonyl (C=O) groups excluding carboxylic acids is 2. The number of esters is 1. The Balaban J connectivity index is 2.18. The first-order valence-electron chi connectivity index (χ1n) is 8.92. The lowest BCUT2D eigenvalue weighted by atomic mass is 9.91. The fourth-order valence-corrected chi connectivity index (χ4v) is 3.04. The highest BCUT2D eigenvalue weighted by Gasteiger charge is 2.36. The molecule has 3 rings (SSSR count). The molecule has 2 N–H and O–H groups in total. The van der Waals surface area contributed by atoms with E-state index < -0.39 is 35.9 Å². The minimum absolute atomic E-state index is 0.0313. The molecule has 1 heterocycles. The van der Waals surface area contributed by atoms with Crippen molar-refractivity contribution >= 4 is 17.7 Å². The molecule has 1 aliphatic rings. The summed E-state index contributed by atoms with van der Waals surface area (Å²) < 4.78 is 44.8. The van der Waals surface area contributed by atoms with Crippen LogP contribution in [-0.2, 0) is 15.7 Å². The Morgan fingerprint density at radius 1 is 1.07 bits per heavy atom. The molecule has 1 aliphatic heterocycles. The van der Waals surface area contributed by atoms with E-state index >= 15 is 0 Å². The fourth-order valence-electron chi connectivity index (χ4n) is 3.04. The lowest BCUT2D eigenvalue weighted by molar-refractivity contribution is -0.143. The number of rotatable bonds is 4. The van der Waals surface area contributed by atoms with Crippen molar-refractivity contribution in [1.29, 1.82) is 0 Å². The van der Waals surface area contributed by atoms with Gasteiger partial charge in [-0.25, -0.2) is 9.59 Å². The van der Waals surface area contributed by atoms with E-state index in [0.717, 1.165) is 12.1 Å². The Morgan fingerprint density at radius 2 is 1.76 bits per heavy atom. The van der Waals surface area contributed by atoms with Crippen molar-refractivity contribution in [3.05, 3.63) is 76.9 Å². The number of amides is 2. The highest BCUT2D eigenvalue weighted by Crippen LogP contribution is 2.35. The Labute approximate surface area is 165 Å². The first kappa shape index (κ1) is 20.4. The van der Waals surface area contributed by atoms with Crippen LogP contribution < -0.4 is 10.6 Å². The molecule has 0 radical (unpaired) electrons. The van der Waals surface area contributed by atoms with Gasteiger partial charge in [-0.15, -0.1) is 0 Å². The summed E-state index contributed by atoms with van der Waals surface area (Å²) in [5.41, 5.74) is 0.0145. The first-order valence-corrected chi connectivity index (χ1v) is 8.92. The topological polar surface area (TPSA) is 67.4 Å². The standard InChI is InChI=1S/C21H19F3N2O3/c1-12(2)29-19(27)16-17(13-7-4-3-5-8-13)25-20(28)26-18(16)14-9-6-10-15(11-14)21(22,23)24/h3-12,18H,1-2H3,(H2,25,26,28). The van der Waals surface area contributed by atoms with Crippen LogP contribution in [0.15, 0.2) is 60.2 Å². The summed E-state index contributed by atoms with van der Waals surface area (Å²) in [7, 11) is 0. The van der Waals surface area contributed by atoms with E-state index in [1.54, 1.807) is 44.2 Å². The molecular weight excluding hydrogens is 385 g/mol. The van der Waals surface area contributed by atoms with Crippen molar-refractivity contribution in [1.82, 2.24) is 10.6 Å². The third-order valence-electron chi connectivity index (χ3n) is 4.24. The van der Waals surface area contributed by atoms with E-state index in [2.05, 4.69) is 10.6 Å². The summed E-state index contributed by atoms with van der Waals surface area (Å²) in [4.78, 5) is 25.1. The van der Waals surface area contributed by atoms with Crippen LogP contribution in [0.3, 0.4) is 0 Å². The first-order chi connectivity index (χ1) is 13.7. The fraction of sp³-hybridized carbons (Fsp3) is 0.238. The quantitative estimate of drug-likeness (QED) is 0.742. The second-order valence-corrected chi connectivity index (χ2v) is 6.76. The number of nitrogens with one attached hydrogen (secondary N) is 2. The molecule has 0 saturated carbocycles. The Kier molecular flexibility index (Phi) is 5.63. The second-order valence-electron chi connectivity index (χ2n) is 6.76. The van der Waals surface area contributed by atoms with Crippen LogP contribution in [0.4, 0.5) is 18.0 Å². The van der Waals surface area contributed by atoms with Crippen LogP contribution >= 0.6 is 0 Å². The summed E-state index contributed by atoms with van der Waals surface area (Å²) in [6, 6.07) is 11.4. The Bertz CT molecular complexity index is 953. The lowest BCUT2D eigenvalue weighted by Crippen LogP contribution is -2.45. The average molecular weight is 404 g/mol. The van der Waals surface area contributed by atoms with Crippen molar-refractivity contribution in [3.8, 4) is 0 Å². The van der Waals surface area contributed by atoms with Crippen molar-refractivity contribution in [2.45, 2.75) is 32.2 Å². The highest BCUT2D eigenvalue weighted by molar-refractivity contribution is 6.04. The molecule has 29 heavy (non-hydrogen) atoms. The average Bonchev–Trinajstić information content (AvgIpc) is 2.67. The summed E-state index contributed by atoms with van der Waals surface area (Å²) in [5, 5.41) is 5.13. The van der Waals surface area contributed by atoms with Gasteiger partial charge in [-0.3, -0.25) is 0 Å². The zero-order chi connectivity index (χ0) is 21.2. The molecule has 2 aromatic rings. The number of ether oxygens (including phenoxy) is 1.